The van der Waals surface area contributed by atoms with E-state index >= 15 is 0 Å². The van der Waals surface area contributed by atoms with E-state index in [2.05, 4.69) is 15.4 Å². The second kappa shape index (κ2) is 6.16. The van der Waals surface area contributed by atoms with Crippen molar-refractivity contribution < 1.29 is 13.6 Å². The van der Waals surface area contributed by atoms with Gasteiger partial charge >= 0.3 is 0 Å². The second-order valence-electron chi connectivity index (χ2n) is 5.53. The molecule has 2 heterocycles. The summed E-state index contributed by atoms with van der Waals surface area (Å²) >= 11 is 7.39. The first kappa shape index (κ1) is 16.3. The number of hydrogen-bond acceptors (Lipinski definition) is 4. The van der Waals surface area contributed by atoms with Crippen LogP contribution in [0.1, 0.15) is 47.1 Å². The lowest BCUT2D eigenvalue weighted by atomic mass is 10.2. The molecule has 1 aliphatic carbocycles. The van der Waals surface area contributed by atoms with Crippen LogP contribution in [-0.4, -0.2) is 20.7 Å². The lowest BCUT2D eigenvalue weighted by Crippen LogP contribution is -2.20. The van der Waals surface area contributed by atoms with Crippen LogP contribution in [-0.2, 0) is 11.3 Å². The van der Waals surface area contributed by atoms with Gasteiger partial charge in [0.05, 0.1) is 16.4 Å². The van der Waals surface area contributed by atoms with Crippen molar-refractivity contribution >= 4 is 34.0 Å². The summed E-state index contributed by atoms with van der Waals surface area (Å²) in [6, 6.07) is 0. The monoisotopic (exact) mass is 360 g/mol. The van der Waals surface area contributed by atoms with E-state index in [1.807, 2.05) is 13.8 Å². The predicted molar refractivity (Wildman–Crippen MR) is 84.4 cm³/mol. The van der Waals surface area contributed by atoms with Gasteiger partial charge in [-0.3, -0.25) is 9.48 Å². The smallest absolute Gasteiger partial charge is 0.283 e. The first-order chi connectivity index (χ1) is 10.9. The van der Waals surface area contributed by atoms with E-state index in [0.29, 0.717) is 10.8 Å². The Hall–Kier alpha value is -1.54. The van der Waals surface area contributed by atoms with Gasteiger partial charge < -0.3 is 5.32 Å². The average molecular weight is 361 g/mol. The molecule has 1 N–H and O–H groups in total. The van der Waals surface area contributed by atoms with Crippen LogP contribution in [0.15, 0.2) is 0 Å². The van der Waals surface area contributed by atoms with Crippen LogP contribution in [0, 0.1) is 13.8 Å². The van der Waals surface area contributed by atoms with E-state index in [9.17, 15) is 13.6 Å². The molecule has 0 aliphatic heterocycles. The van der Waals surface area contributed by atoms with Crippen LogP contribution in [0.5, 0.6) is 0 Å². The summed E-state index contributed by atoms with van der Waals surface area (Å²) in [5.74, 6) is -0.250. The first-order valence-corrected chi connectivity index (χ1v) is 8.34. The number of amides is 1. The molecule has 0 atom stereocenters. The third-order valence-corrected chi connectivity index (χ3v) is 5.07. The van der Waals surface area contributed by atoms with Crippen molar-refractivity contribution in [3.63, 3.8) is 0 Å². The molecule has 0 aromatic carbocycles. The van der Waals surface area contributed by atoms with Crippen molar-refractivity contribution in [3.8, 4) is 0 Å². The molecule has 2 aromatic rings. The number of thiazole rings is 1. The number of anilines is 1. The van der Waals surface area contributed by atoms with E-state index in [1.165, 1.54) is 16.0 Å². The molecule has 1 aliphatic rings. The SMILES string of the molecule is Cc1nc(NC(=O)Cn2nc(C(F)F)c(Cl)c2C2CC2)sc1C. The Balaban J connectivity index is 1.79. The minimum atomic E-state index is -2.76. The molecule has 2 aromatic heterocycles. The summed E-state index contributed by atoms with van der Waals surface area (Å²) in [6.45, 7) is 3.61. The molecule has 3 rings (SSSR count). The minimum absolute atomic E-state index is 0.0174. The standard InChI is InChI=1S/C14H15ClF2N4OS/c1-6-7(2)23-14(18-6)19-9(22)5-21-12(8-3-4-8)10(15)11(20-21)13(16)17/h8,13H,3-5H2,1-2H3,(H,18,19,22). The number of halogens is 3. The number of nitrogens with one attached hydrogen (secondary N) is 1. The van der Waals surface area contributed by atoms with Gasteiger partial charge in [-0.15, -0.1) is 11.3 Å². The van der Waals surface area contributed by atoms with Crippen LogP contribution in [0.3, 0.4) is 0 Å². The number of aryl methyl sites for hydroxylation is 2. The largest absolute Gasteiger partial charge is 0.300 e. The van der Waals surface area contributed by atoms with Gasteiger partial charge in [0, 0.05) is 10.8 Å². The summed E-state index contributed by atoms with van der Waals surface area (Å²) < 4.78 is 27.2. The van der Waals surface area contributed by atoms with Crippen molar-refractivity contribution in [2.24, 2.45) is 0 Å². The maximum absolute atomic E-state index is 13.0. The van der Waals surface area contributed by atoms with E-state index in [4.69, 9.17) is 11.6 Å². The highest BCUT2D eigenvalue weighted by Crippen LogP contribution is 2.45. The van der Waals surface area contributed by atoms with Crippen molar-refractivity contribution in [2.75, 3.05) is 5.32 Å². The molecule has 23 heavy (non-hydrogen) atoms. The van der Waals surface area contributed by atoms with Crippen LogP contribution in [0.4, 0.5) is 13.9 Å². The summed E-state index contributed by atoms with van der Waals surface area (Å²) in [5.41, 5.74) is 0.928. The molecule has 0 unspecified atom stereocenters. The number of carbonyl (C=O) groups is 1. The maximum Gasteiger partial charge on any atom is 0.283 e. The first-order valence-electron chi connectivity index (χ1n) is 7.15. The summed E-state index contributed by atoms with van der Waals surface area (Å²) in [4.78, 5) is 17.4. The lowest BCUT2D eigenvalue weighted by molar-refractivity contribution is -0.117. The molecule has 1 amide bonds. The van der Waals surface area contributed by atoms with E-state index in [0.717, 1.165) is 23.4 Å². The predicted octanol–water partition coefficient (Wildman–Crippen LogP) is 4.06. The zero-order chi connectivity index (χ0) is 16.7. The van der Waals surface area contributed by atoms with Crippen molar-refractivity contribution in [3.05, 3.63) is 27.0 Å². The number of aromatic nitrogens is 3. The fourth-order valence-corrected chi connectivity index (χ4v) is 3.50. The fourth-order valence-electron chi connectivity index (χ4n) is 2.30. The van der Waals surface area contributed by atoms with Gasteiger partial charge in [0.15, 0.2) is 5.13 Å². The topological polar surface area (TPSA) is 59.8 Å². The number of nitrogens with zero attached hydrogens (tertiary/aromatic N) is 3. The molecule has 5 nitrogen and oxygen atoms in total. The van der Waals surface area contributed by atoms with Crippen molar-refractivity contribution in [2.45, 2.75) is 45.6 Å². The van der Waals surface area contributed by atoms with Gasteiger partial charge in [0.1, 0.15) is 12.2 Å². The quantitative estimate of drug-likeness (QED) is 0.874. The third-order valence-electron chi connectivity index (χ3n) is 3.70. The average Bonchev–Trinajstić information content (AvgIpc) is 3.16. The molecule has 1 fully saturated rings. The van der Waals surface area contributed by atoms with E-state index in [-0.39, 0.29) is 23.4 Å². The highest BCUT2D eigenvalue weighted by Gasteiger charge is 2.34. The number of carbonyl (C=O) groups excluding carboxylic acids is 1. The van der Waals surface area contributed by atoms with Gasteiger partial charge in [-0.2, -0.15) is 5.10 Å². The lowest BCUT2D eigenvalue weighted by Gasteiger charge is -2.06. The molecule has 0 spiro atoms. The molecule has 0 bridgehead atoms. The Kier molecular flexibility index (Phi) is 4.37. The van der Waals surface area contributed by atoms with Crippen molar-refractivity contribution in [1.82, 2.24) is 14.8 Å². The highest BCUT2D eigenvalue weighted by molar-refractivity contribution is 7.15. The Bertz CT molecular complexity index is 735. The molecule has 1 saturated carbocycles. The number of hydrogen-bond donors (Lipinski definition) is 1. The second-order valence-corrected chi connectivity index (χ2v) is 7.11. The van der Waals surface area contributed by atoms with Crippen LogP contribution in [0.25, 0.3) is 0 Å². The summed E-state index contributed by atoms with van der Waals surface area (Å²) in [7, 11) is 0. The molecule has 0 radical (unpaired) electrons. The highest BCUT2D eigenvalue weighted by atomic mass is 35.5. The molecule has 9 heteroatoms. The number of alkyl halides is 2. The van der Waals surface area contributed by atoms with Crippen molar-refractivity contribution in [1.29, 1.82) is 0 Å². The van der Waals surface area contributed by atoms with Crippen LogP contribution >= 0.6 is 22.9 Å². The molecule has 0 saturated heterocycles. The Morgan fingerprint density at radius 2 is 2.17 bits per heavy atom. The van der Waals surface area contributed by atoms with Gasteiger partial charge in [-0.25, -0.2) is 13.8 Å². The zero-order valence-corrected chi connectivity index (χ0v) is 14.1. The fraction of sp³-hybridized carbons (Fsp3) is 0.500. The van der Waals surface area contributed by atoms with E-state index in [1.54, 1.807) is 0 Å². The zero-order valence-electron chi connectivity index (χ0n) is 12.6. The normalized spacial score (nSPS) is 14.5. The Morgan fingerprint density at radius 3 is 2.70 bits per heavy atom. The van der Waals surface area contributed by atoms with E-state index < -0.39 is 12.1 Å². The number of rotatable bonds is 5. The van der Waals surface area contributed by atoms with Crippen LogP contribution < -0.4 is 5.32 Å². The minimum Gasteiger partial charge on any atom is -0.300 e. The molecule has 124 valence electrons. The summed E-state index contributed by atoms with van der Waals surface area (Å²) in [5, 5.41) is 6.98. The van der Waals surface area contributed by atoms with Gasteiger partial charge in [0.2, 0.25) is 5.91 Å². The summed E-state index contributed by atoms with van der Waals surface area (Å²) in [6.07, 6.45) is -1.00. The van der Waals surface area contributed by atoms with Gasteiger partial charge in [0.25, 0.3) is 6.43 Å². The molecular weight excluding hydrogens is 346 g/mol. The third kappa shape index (κ3) is 3.37. The Labute approximate surface area is 140 Å². The van der Waals surface area contributed by atoms with Gasteiger partial charge in [-0.1, -0.05) is 11.6 Å². The maximum atomic E-state index is 13.0. The molecular formula is C14H15ClF2N4OS. The Morgan fingerprint density at radius 1 is 1.48 bits per heavy atom. The van der Waals surface area contributed by atoms with Crippen LogP contribution in [0.2, 0.25) is 5.02 Å². The van der Waals surface area contributed by atoms with Gasteiger partial charge in [-0.05, 0) is 26.7 Å².